The third-order valence-corrected chi connectivity index (χ3v) is 3.64. The minimum atomic E-state index is -0.165. The van der Waals surface area contributed by atoms with Gasteiger partial charge in [-0.05, 0) is 50.7 Å². The summed E-state index contributed by atoms with van der Waals surface area (Å²) in [4.78, 5) is 11.0. The first kappa shape index (κ1) is 13.3. The Balaban J connectivity index is 1.85. The van der Waals surface area contributed by atoms with E-state index in [0.29, 0.717) is 0 Å². The van der Waals surface area contributed by atoms with Crippen LogP contribution in [0.4, 0.5) is 0 Å². The molecule has 0 aliphatic carbocycles. The Hall–Kier alpha value is -1.12. The molecule has 2 atom stereocenters. The van der Waals surface area contributed by atoms with Crippen LogP contribution in [0, 0.1) is 0 Å². The fourth-order valence-corrected chi connectivity index (χ4v) is 2.25. The minimum Gasteiger partial charge on any atom is -0.230 e. The van der Waals surface area contributed by atoms with E-state index in [0.717, 1.165) is 31.3 Å². The zero-order valence-corrected chi connectivity index (χ0v) is 11.3. The van der Waals surface area contributed by atoms with E-state index >= 15 is 0 Å². The molecule has 0 aromatic heterocycles. The Kier molecular flexibility index (Phi) is 4.20. The van der Waals surface area contributed by atoms with Gasteiger partial charge in [0.2, 0.25) is 0 Å². The van der Waals surface area contributed by atoms with Gasteiger partial charge in [0.05, 0.1) is 0 Å². The monoisotopic (exact) mass is 246 g/mol. The quantitative estimate of drug-likeness (QED) is 0.589. The molecule has 2 heteroatoms. The van der Waals surface area contributed by atoms with E-state index in [9.17, 15) is 0 Å². The first-order chi connectivity index (χ1) is 8.59. The van der Waals surface area contributed by atoms with Crippen LogP contribution >= 0.6 is 0 Å². The van der Waals surface area contributed by atoms with Crippen molar-refractivity contribution in [3.8, 4) is 0 Å². The molecule has 0 radical (unpaired) electrons. The lowest BCUT2D eigenvalue weighted by Gasteiger charge is -2.36. The van der Waals surface area contributed by atoms with Gasteiger partial charge in [-0.1, -0.05) is 36.9 Å². The Morgan fingerprint density at radius 2 is 2.11 bits per heavy atom. The highest BCUT2D eigenvalue weighted by Gasteiger charge is 2.33. The lowest BCUT2D eigenvalue weighted by Crippen LogP contribution is -2.38. The van der Waals surface area contributed by atoms with Crippen LogP contribution in [0.5, 0.6) is 0 Å². The molecule has 1 heterocycles. The summed E-state index contributed by atoms with van der Waals surface area (Å²) in [6, 6.07) is 10.5. The SMILES string of the molecule is C=C(C)[C@H]1CC[C@](C)(CCc2ccccc2)OO1. The average molecular weight is 246 g/mol. The van der Waals surface area contributed by atoms with Gasteiger partial charge in [0.25, 0.3) is 0 Å². The Bertz CT molecular complexity index is 389. The van der Waals surface area contributed by atoms with E-state index in [-0.39, 0.29) is 11.7 Å². The molecule has 1 aromatic carbocycles. The highest BCUT2D eigenvalue weighted by atomic mass is 17.2. The topological polar surface area (TPSA) is 18.5 Å². The molecule has 0 unspecified atom stereocenters. The van der Waals surface area contributed by atoms with Gasteiger partial charge in [-0.15, -0.1) is 0 Å². The molecule has 2 rings (SSSR count). The molecule has 1 fully saturated rings. The van der Waals surface area contributed by atoms with Gasteiger partial charge < -0.3 is 0 Å². The molecule has 1 aliphatic heterocycles. The van der Waals surface area contributed by atoms with Gasteiger partial charge in [0.15, 0.2) is 0 Å². The Morgan fingerprint density at radius 1 is 1.39 bits per heavy atom. The molecule has 1 aromatic rings. The van der Waals surface area contributed by atoms with E-state index in [1.807, 2.05) is 13.0 Å². The maximum absolute atomic E-state index is 5.60. The predicted molar refractivity (Wildman–Crippen MR) is 73.2 cm³/mol. The van der Waals surface area contributed by atoms with Gasteiger partial charge in [0, 0.05) is 0 Å². The number of hydrogen-bond acceptors (Lipinski definition) is 2. The summed E-state index contributed by atoms with van der Waals surface area (Å²) < 4.78 is 0. The van der Waals surface area contributed by atoms with Crippen LogP contribution < -0.4 is 0 Å². The lowest BCUT2D eigenvalue weighted by atomic mass is 9.89. The summed E-state index contributed by atoms with van der Waals surface area (Å²) in [6.07, 6.45) is 4.10. The number of benzene rings is 1. The van der Waals surface area contributed by atoms with Crippen LogP contribution in [0.3, 0.4) is 0 Å². The molecule has 1 saturated heterocycles. The normalized spacial score (nSPS) is 28.0. The molecule has 0 amide bonds. The standard InChI is InChI=1S/C16H22O2/c1-13(2)15-10-12-16(3,18-17-15)11-9-14-7-5-4-6-8-14/h4-8,15H,1,9-12H2,2-3H3/t15-,16+/m1/s1. The molecule has 1 aliphatic rings. The van der Waals surface area contributed by atoms with Crippen molar-refractivity contribution in [3.05, 3.63) is 48.0 Å². The van der Waals surface area contributed by atoms with Gasteiger partial charge >= 0.3 is 0 Å². The molecule has 0 N–H and O–H groups in total. The van der Waals surface area contributed by atoms with E-state index in [1.54, 1.807) is 0 Å². The second-order valence-electron chi connectivity index (χ2n) is 5.49. The molecule has 0 saturated carbocycles. The molecular weight excluding hydrogens is 224 g/mol. The fraction of sp³-hybridized carbons (Fsp3) is 0.500. The average Bonchev–Trinajstić information content (AvgIpc) is 2.38. The van der Waals surface area contributed by atoms with E-state index in [2.05, 4.69) is 37.8 Å². The van der Waals surface area contributed by atoms with Crippen molar-refractivity contribution in [1.82, 2.24) is 0 Å². The van der Waals surface area contributed by atoms with Crippen molar-refractivity contribution < 1.29 is 9.78 Å². The summed E-state index contributed by atoms with van der Waals surface area (Å²) >= 11 is 0. The van der Waals surface area contributed by atoms with Gasteiger partial charge in [-0.25, -0.2) is 9.78 Å². The molecule has 0 spiro atoms. The van der Waals surface area contributed by atoms with Crippen LogP contribution in [0.15, 0.2) is 42.5 Å². The second kappa shape index (κ2) is 5.68. The summed E-state index contributed by atoms with van der Waals surface area (Å²) in [5, 5.41) is 0. The van der Waals surface area contributed by atoms with Crippen molar-refractivity contribution in [3.63, 3.8) is 0 Å². The fourth-order valence-electron chi connectivity index (χ4n) is 2.25. The smallest absolute Gasteiger partial charge is 0.114 e. The number of hydrogen-bond donors (Lipinski definition) is 0. The highest BCUT2D eigenvalue weighted by molar-refractivity contribution is 5.15. The maximum Gasteiger partial charge on any atom is 0.114 e. The largest absolute Gasteiger partial charge is 0.230 e. The predicted octanol–water partition coefficient (Wildman–Crippen LogP) is 4.06. The number of aryl methyl sites for hydroxylation is 1. The van der Waals surface area contributed by atoms with Gasteiger partial charge in [-0.2, -0.15) is 0 Å². The van der Waals surface area contributed by atoms with Crippen molar-refractivity contribution in [2.45, 2.75) is 51.2 Å². The molecule has 2 nitrogen and oxygen atoms in total. The first-order valence-electron chi connectivity index (χ1n) is 6.63. The Labute approximate surface area is 110 Å². The summed E-state index contributed by atoms with van der Waals surface area (Å²) in [7, 11) is 0. The highest BCUT2D eigenvalue weighted by Crippen LogP contribution is 2.32. The lowest BCUT2D eigenvalue weighted by molar-refractivity contribution is -0.399. The summed E-state index contributed by atoms with van der Waals surface area (Å²) in [6.45, 7) is 8.03. The first-order valence-corrected chi connectivity index (χ1v) is 6.63. The van der Waals surface area contributed by atoms with Gasteiger partial charge in [-0.3, -0.25) is 0 Å². The zero-order chi connectivity index (χ0) is 13.0. The summed E-state index contributed by atoms with van der Waals surface area (Å²) in [5.74, 6) is 0. The molecule has 18 heavy (non-hydrogen) atoms. The van der Waals surface area contributed by atoms with Crippen LogP contribution in [0.25, 0.3) is 0 Å². The van der Waals surface area contributed by atoms with Gasteiger partial charge in [0.1, 0.15) is 11.7 Å². The van der Waals surface area contributed by atoms with Crippen molar-refractivity contribution in [2.75, 3.05) is 0 Å². The van der Waals surface area contributed by atoms with Crippen LogP contribution in [-0.2, 0) is 16.2 Å². The summed E-state index contributed by atoms with van der Waals surface area (Å²) in [5.41, 5.74) is 2.23. The molecule has 0 bridgehead atoms. The number of rotatable bonds is 4. The molecule has 98 valence electrons. The zero-order valence-electron chi connectivity index (χ0n) is 11.3. The van der Waals surface area contributed by atoms with Crippen LogP contribution in [0.1, 0.15) is 38.7 Å². The van der Waals surface area contributed by atoms with Crippen molar-refractivity contribution in [2.24, 2.45) is 0 Å². The van der Waals surface area contributed by atoms with Crippen molar-refractivity contribution >= 4 is 0 Å². The van der Waals surface area contributed by atoms with Crippen LogP contribution in [-0.4, -0.2) is 11.7 Å². The Morgan fingerprint density at radius 3 is 2.67 bits per heavy atom. The third kappa shape index (κ3) is 3.44. The maximum atomic E-state index is 5.60. The third-order valence-electron chi connectivity index (χ3n) is 3.64. The van der Waals surface area contributed by atoms with E-state index < -0.39 is 0 Å². The molecular formula is C16H22O2. The van der Waals surface area contributed by atoms with E-state index in [4.69, 9.17) is 9.78 Å². The van der Waals surface area contributed by atoms with Crippen molar-refractivity contribution in [1.29, 1.82) is 0 Å². The second-order valence-corrected chi connectivity index (χ2v) is 5.49. The minimum absolute atomic E-state index is 0.0646. The van der Waals surface area contributed by atoms with Crippen LogP contribution in [0.2, 0.25) is 0 Å². The van der Waals surface area contributed by atoms with E-state index in [1.165, 1.54) is 5.56 Å².